The van der Waals surface area contributed by atoms with E-state index in [9.17, 15) is 9.90 Å². The summed E-state index contributed by atoms with van der Waals surface area (Å²) in [4.78, 5) is 12.0. The van der Waals surface area contributed by atoms with Gasteiger partial charge in [-0.05, 0) is 17.5 Å². The molecule has 5 heteroatoms. The molecule has 2 rings (SSSR count). The highest BCUT2D eigenvalue weighted by Crippen LogP contribution is 2.16. The minimum Gasteiger partial charge on any atom is -0.389 e. The molecule has 2 atom stereocenters. The average molecular weight is 264 g/mol. The zero-order chi connectivity index (χ0) is 13.7. The number of benzene rings is 1. The van der Waals surface area contributed by atoms with E-state index in [1.165, 1.54) is 18.2 Å². The van der Waals surface area contributed by atoms with Crippen LogP contribution >= 0.6 is 0 Å². The van der Waals surface area contributed by atoms with Gasteiger partial charge in [-0.15, -0.1) is 0 Å². The molecule has 3 N–H and O–H groups in total. The number of carbonyl (C=O) groups excluding carboxylic acids is 1. The number of aliphatic hydroxyl groups is 1. The summed E-state index contributed by atoms with van der Waals surface area (Å²) in [6, 6.07) is 7.88. The van der Waals surface area contributed by atoms with E-state index in [-0.39, 0.29) is 25.1 Å². The first-order valence-electron chi connectivity index (χ1n) is 6.45. The Kier molecular flexibility index (Phi) is 4.90. The third-order valence-corrected chi connectivity index (χ3v) is 3.27. The van der Waals surface area contributed by atoms with Crippen molar-refractivity contribution in [3.8, 4) is 0 Å². The average Bonchev–Trinajstić information content (AvgIpc) is 2.44. The molecule has 1 heterocycles. The van der Waals surface area contributed by atoms with Crippen molar-refractivity contribution in [3.63, 3.8) is 0 Å². The van der Waals surface area contributed by atoms with Gasteiger partial charge in [0.2, 0.25) is 5.91 Å². The highest BCUT2D eigenvalue weighted by molar-refractivity contribution is 5.82. The maximum Gasteiger partial charge on any atom is 0.237 e. The van der Waals surface area contributed by atoms with Crippen LogP contribution in [0.15, 0.2) is 24.3 Å². The smallest absolute Gasteiger partial charge is 0.237 e. The number of carbonyl (C=O) groups is 1. The van der Waals surface area contributed by atoms with Crippen LogP contribution in [0.2, 0.25) is 0 Å². The predicted octanol–water partition coefficient (Wildman–Crippen LogP) is -0.176. The molecule has 19 heavy (non-hydrogen) atoms. The summed E-state index contributed by atoms with van der Waals surface area (Å²) in [5, 5.41) is 15.4. The van der Waals surface area contributed by atoms with Gasteiger partial charge in [0.25, 0.3) is 0 Å². The largest absolute Gasteiger partial charge is 0.389 e. The molecular formula is C14H20N2O3. The molecule has 1 amide bonds. The Labute approximate surface area is 113 Å². The van der Waals surface area contributed by atoms with Crippen LogP contribution in [0, 0.1) is 0 Å². The molecular weight excluding hydrogens is 244 g/mol. The standard InChI is InChI=1S/C14H20N2O3/c1-19-9-12(17)8-16-14(18)13-6-10-4-2-3-5-11(10)7-15-13/h2-5,12-13,15,17H,6-9H2,1H3,(H,16,18)/t12?,13-/m1/s1. The second-order valence-electron chi connectivity index (χ2n) is 4.76. The lowest BCUT2D eigenvalue weighted by Gasteiger charge is -2.25. The molecule has 1 aromatic carbocycles. The highest BCUT2D eigenvalue weighted by atomic mass is 16.5. The van der Waals surface area contributed by atoms with Gasteiger partial charge in [-0.1, -0.05) is 24.3 Å². The van der Waals surface area contributed by atoms with Crippen LogP contribution in [0.25, 0.3) is 0 Å². The Morgan fingerprint density at radius 1 is 1.53 bits per heavy atom. The van der Waals surface area contributed by atoms with Crippen molar-refractivity contribution in [3.05, 3.63) is 35.4 Å². The molecule has 0 fully saturated rings. The lowest BCUT2D eigenvalue weighted by atomic mass is 9.95. The van der Waals surface area contributed by atoms with Gasteiger partial charge in [0.1, 0.15) is 0 Å². The number of hydrogen-bond acceptors (Lipinski definition) is 4. The van der Waals surface area contributed by atoms with Crippen molar-refractivity contribution in [1.82, 2.24) is 10.6 Å². The van der Waals surface area contributed by atoms with Crippen LogP contribution in [-0.2, 0) is 22.5 Å². The molecule has 0 aliphatic carbocycles. The summed E-state index contributed by atoms with van der Waals surface area (Å²) in [6.07, 6.45) is 0.0207. The molecule has 0 saturated heterocycles. The van der Waals surface area contributed by atoms with Crippen LogP contribution < -0.4 is 10.6 Å². The lowest BCUT2D eigenvalue weighted by molar-refractivity contribution is -0.123. The van der Waals surface area contributed by atoms with E-state index in [2.05, 4.69) is 22.8 Å². The quantitative estimate of drug-likeness (QED) is 0.690. The van der Waals surface area contributed by atoms with Crippen molar-refractivity contribution in [2.45, 2.75) is 25.1 Å². The Morgan fingerprint density at radius 3 is 3.00 bits per heavy atom. The van der Waals surface area contributed by atoms with Crippen molar-refractivity contribution >= 4 is 5.91 Å². The van der Waals surface area contributed by atoms with Crippen molar-refractivity contribution in [2.24, 2.45) is 0 Å². The monoisotopic (exact) mass is 264 g/mol. The number of nitrogens with one attached hydrogen (secondary N) is 2. The van der Waals surface area contributed by atoms with E-state index in [0.717, 1.165) is 0 Å². The summed E-state index contributed by atoms with van der Waals surface area (Å²) in [6.45, 7) is 1.14. The number of aliphatic hydroxyl groups excluding tert-OH is 1. The number of rotatable bonds is 5. The Bertz CT molecular complexity index is 436. The van der Waals surface area contributed by atoms with Gasteiger partial charge >= 0.3 is 0 Å². The number of ether oxygens (including phenoxy) is 1. The van der Waals surface area contributed by atoms with Gasteiger partial charge in [0.05, 0.1) is 18.8 Å². The number of amides is 1. The van der Waals surface area contributed by atoms with Crippen LogP contribution in [0.3, 0.4) is 0 Å². The number of fused-ring (bicyclic) bond motifs is 1. The first-order valence-corrected chi connectivity index (χ1v) is 6.45. The van der Waals surface area contributed by atoms with Gasteiger partial charge in [-0.2, -0.15) is 0 Å². The van der Waals surface area contributed by atoms with E-state index < -0.39 is 6.10 Å². The van der Waals surface area contributed by atoms with E-state index >= 15 is 0 Å². The molecule has 1 aliphatic rings. The molecule has 0 spiro atoms. The first-order chi connectivity index (χ1) is 9.20. The second kappa shape index (κ2) is 6.65. The summed E-state index contributed by atoms with van der Waals surface area (Å²) < 4.78 is 4.81. The molecule has 1 aromatic rings. The van der Waals surface area contributed by atoms with Crippen molar-refractivity contribution < 1.29 is 14.6 Å². The molecule has 0 saturated carbocycles. The van der Waals surface area contributed by atoms with Gasteiger partial charge < -0.3 is 20.5 Å². The molecule has 5 nitrogen and oxygen atoms in total. The van der Waals surface area contributed by atoms with Crippen LogP contribution in [0.1, 0.15) is 11.1 Å². The molecule has 0 radical (unpaired) electrons. The minimum absolute atomic E-state index is 0.0790. The number of hydrogen-bond donors (Lipinski definition) is 3. The van der Waals surface area contributed by atoms with Gasteiger partial charge in [0, 0.05) is 20.2 Å². The topological polar surface area (TPSA) is 70.6 Å². The van der Waals surface area contributed by atoms with Gasteiger partial charge in [0.15, 0.2) is 0 Å². The summed E-state index contributed by atoms with van der Waals surface area (Å²) in [5.74, 6) is -0.0790. The molecule has 1 aliphatic heterocycles. The van der Waals surface area contributed by atoms with Crippen molar-refractivity contribution in [1.29, 1.82) is 0 Å². The van der Waals surface area contributed by atoms with Crippen LogP contribution in [0.4, 0.5) is 0 Å². The molecule has 1 unspecified atom stereocenters. The second-order valence-corrected chi connectivity index (χ2v) is 4.76. The fourth-order valence-corrected chi connectivity index (χ4v) is 2.23. The van der Waals surface area contributed by atoms with Gasteiger partial charge in [-0.3, -0.25) is 4.79 Å². The fraction of sp³-hybridized carbons (Fsp3) is 0.500. The Hall–Kier alpha value is -1.43. The van der Waals surface area contributed by atoms with E-state index in [0.29, 0.717) is 13.0 Å². The number of methoxy groups -OCH3 is 1. The third kappa shape index (κ3) is 3.76. The van der Waals surface area contributed by atoms with Gasteiger partial charge in [-0.25, -0.2) is 0 Å². The third-order valence-electron chi connectivity index (χ3n) is 3.27. The lowest BCUT2D eigenvalue weighted by Crippen LogP contribution is -2.49. The normalized spacial score (nSPS) is 19.6. The zero-order valence-corrected chi connectivity index (χ0v) is 11.1. The fourth-order valence-electron chi connectivity index (χ4n) is 2.23. The molecule has 104 valence electrons. The molecule has 0 aromatic heterocycles. The maximum atomic E-state index is 12.0. The zero-order valence-electron chi connectivity index (χ0n) is 11.1. The maximum absolute atomic E-state index is 12.0. The van der Waals surface area contributed by atoms with Crippen molar-refractivity contribution in [2.75, 3.05) is 20.3 Å². The molecule has 0 bridgehead atoms. The highest BCUT2D eigenvalue weighted by Gasteiger charge is 2.23. The van der Waals surface area contributed by atoms with Crippen LogP contribution in [0.5, 0.6) is 0 Å². The Balaban J connectivity index is 1.85. The predicted molar refractivity (Wildman–Crippen MR) is 71.7 cm³/mol. The summed E-state index contributed by atoms with van der Waals surface area (Å²) in [5.41, 5.74) is 2.45. The van der Waals surface area contributed by atoms with E-state index in [1.807, 2.05) is 12.1 Å². The Morgan fingerprint density at radius 2 is 2.26 bits per heavy atom. The first kappa shape index (κ1) is 14.0. The SMILES string of the molecule is COCC(O)CNC(=O)[C@H]1Cc2ccccc2CN1. The van der Waals surface area contributed by atoms with E-state index in [4.69, 9.17) is 4.74 Å². The minimum atomic E-state index is -0.662. The van der Waals surface area contributed by atoms with E-state index in [1.54, 1.807) is 0 Å². The summed E-state index contributed by atoms with van der Waals surface area (Å²) >= 11 is 0. The summed E-state index contributed by atoms with van der Waals surface area (Å²) in [7, 11) is 1.52. The van der Waals surface area contributed by atoms with Crippen LogP contribution in [-0.4, -0.2) is 43.4 Å².